The zero-order valence-corrected chi connectivity index (χ0v) is 18.2. The highest BCUT2D eigenvalue weighted by molar-refractivity contribution is 5.92. The number of nitrogens with zero attached hydrogens (tertiary/aromatic N) is 3. The number of carbonyl (C=O) groups excluding carboxylic acids is 3. The summed E-state index contributed by atoms with van der Waals surface area (Å²) in [6.07, 6.45) is 3.51. The highest BCUT2D eigenvalue weighted by atomic mass is 16.7. The molecule has 2 atom stereocenters. The highest BCUT2D eigenvalue weighted by Crippen LogP contribution is 2.30. The van der Waals surface area contributed by atoms with Crippen molar-refractivity contribution in [3.05, 3.63) is 35.9 Å². The van der Waals surface area contributed by atoms with Crippen molar-refractivity contribution < 1.29 is 19.2 Å². The van der Waals surface area contributed by atoms with E-state index >= 15 is 0 Å². The molecule has 8 nitrogen and oxygen atoms in total. The second-order valence-corrected chi connectivity index (χ2v) is 8.98. The number of hydrogen-bond acceptors (Lipinski definition) is 5. The summed E-state index contributed by atoms with van der Waals surface area (Å²) in [6.45, 7) is 5.30. The van der Waals surface area contributed by atoms with Crippen molar-refractivity contribution in [3.63, 3.8) is 0 Å². The Balaban J connectivity index is 1.24. The van der Waals surface area contributed by atoms with E-state index in [1.807, 2.05) is 30.3 Å². The molecule has 3 fully saturated rings. The second-order valence-electron chi connectivity index (χ2n) is 8.98. The number of fused-ring (bicyclic) bond motifs is 2. The maximum Gasteiger partial charge on any atom is 0.345 e. The zero-order valence-electron chi connectivity index (χ0n) is 18.2. The molecule has 0 aliphatic carbocycles. The van der Waals surface area contributed by atoms with E-state index in [2.05, 4.69) is 17.1 Å². The Morgan fingerprint density at radius 1 is 1.10 bits per heavy atom. The van der Waals surface area contributed by atoms with Gasteiger partial charge in [0.15, 0.2) is 5.78 Å². The van der Waals surface area contributed by atoms with Crippen LogP contribution < -0.4 is 5.32 Å². The number of hydroxylamine groups is 2. The highest BCUT2D eigenvalue weighted by Gasteiger charge is 2.47. The van der Waals surface area contributed by atoms with E-state index in [1.165, 1.54) is 5.06 Å². The zero-order chi connectivity index (χ0) is 21.8. The molecule has 168 valence electrons. The van der Waals surface area contributed by atoms with Gasteiger partial charge in [-0.05, 0) is 50.3 Å². The largest absolute Gasteiger partial charge is 0.347 e. The summed E-state index contributed by atoms with van der Waals surface area (Å²) in [4.78, 5) is 47.4. The van der Waals surface area contributed by atoms with Crippen LogP contribution in [0.3, 0.4) is 0 Å². The van der Waals surface area contributed by atoms with Crippen LogP contribution in [0.4, 0.5) is 4.79 Å². The Kier molecular flexibility index (Phi) is 6.87. The lowest BCUT2D eigenvalue weighted by molar-refractivity contribution is -0.140. The van der Waals surface area contributed by atoms with Crippen LogP contribution >= 0.6 is 0 Å². The van der Waals surface area contributed by atoms with Crippen LogP contribution in [0.1, 0.15) is 38.2 Å². The molecule has 1 aromatic rings. The predicted molar refractivity (Wildman–Crippen MR) is 115 cm³/mol. The number of nitrogens with one attached hydrogen (secondary N) is 1. The molecule has 3 heterocycles. The molecule has 0 saturated carbocycles. The fourth-order valence-electron chi connectivity index (χ4n) is 4.62. The van der Waals surface area contributed by atoms with Gasteiger partial charge in [0.05, 0.1) is 19.1 Å². The third kappa shape index (κ3) is 5.25. The van der Waals surface area contributed by atoms with Crippen LogP contribution in [-0.2, 0) is 21.0 Å². The molecule has 1 N–H and O–H groups in total. The Labute approximate surface area is 183 Å². The van der Waals surface area contributed by atoms with E-state index < -0.39 is 6.04 Å². The molecule has 3 aliphatic heterocycles. The minimum Gasteiger partial charge on any atom is -0.347 e. The van der Waals surface area contributed by atoms with Gasteiger partial charge in [0.2, 0.25) is 5.91 Å². The molecular formula is C23H32N4O4. The van der Waals surface area contributed by atoms with Crippen LogP contribution in [-0.4, -0.2) is 77.4 Å². The third-order valence-electron chi connectivity index (χ3n) is 6.57. The lowest BCUT2D eigenvalue weighted by atomic mass is 9.99. The number of amides is 3. The van der Waals surface area contributed by atoms with Crippen LogP contribution in [0.2, 0.25) is 0 Å². The summed E-state index contributed by atoms with van der Waals surface area (Å²) in [5, 5.41) is 4.18. The predicted octanol–water partition coefficient (Wildman–Crippen LogP) is 1.80. The van der Waals surface area contributed by atoms with Crippen molar-refractivity contribution in [1.82, 2.24) is 20.2 Å². The van der Waals surface area contributed by atoms with Crippen molar-refractivity contribution in [2.24, 2.45) is 5.92 Å². The summed E-state index contributed by atoms with van der Waals surface area (Å²) < 4.78 is 0. The first kappa shape index (κ1) is 21.8. The molecule has 3 amide bonds. The molecule has 1 aromatic carbocycles. The monoisotopic (exact) mass is 428 g/mol. The van der Waals surface area contributed by atoms with E-state index in [9.17, 15) is 14.4 Å². The number of hydrogen-bond donors (Lipinski definition) is 1. The van der Waals surface area contributed by atoms with Gasteiger partial charge in [0.25, 0.3) is 0 Å². The quantitative estimate of drug-likeness (QED) is 0.683. The van der Waals surface area contributed by atoms with Gasteiger partial charge >= 0.3 is 6.03 Å². The molecule has 8 heteroatoms. The molecule has 0 radical (unpaired) electrons. The first-order chi connectivity index (χ1) is 15.0. The van der Waals surface area contributed by atoms with Gasteiger partial charge in [-0.15, -0.1) is 0 Å². The number of Topliss-reactive ketones (excluding diaryl/α,β-unsaturated/α-hetero) is 1. The van der Waals surface area contributed by atoms with Gasteiger partial charge < -0.3 is 10.2 Å². The molecular weight excluding hydrogens is 396 g/mol. The van der Waals surface area contributed by atoms with Crippen molar-refractivity contribution in [1.29, 1.82) is 0 Å². The average Bonchev–Trinajstić information content (AvgIpc) is 3.02. The van der Waals surface area contributed by atoms with Gasteiger partial charge in [-0.2, -0.15) is 5.06 Å². The van der Waals surface area contributed by atoms with Crippen LogP contribution in [0.5, 0.6) is 0 Å². The number of benzene rings is 1. The normalized spacial score (nSPS) is 24.5. The minimum atomic E-state index is -0.544. The number of piperidine rings is 2. The van der Waals surface area contributed by atoms with Gasteiger partial charge in [-0.25, -0.2) is 4.79 Å². The number of likely N-dealkylation sites (tertiary alicyclic amines) is 1. The van der Waals surface area contributed by atoms with E-state index in [0.717, 1.165) is 37.4 Å². The van der Waals surface area contributed by atoms with E-state index in [0.29, 0.717) is 32.5 Å². The molecule has 0 aromatic heterocycles. The van der Waals surface area contributed by atoms with Gasteiger partial charge in [0.1, 0.15) is 12.6 Å². The minimum absolute atomic E-state index is 0.0113. The van der Waals surface area contributed by atoms with Gasteiger partial charge in [-0.3, -0.25) is 19.3 Å². The number of rotatable bonds is 8. The number of carbonyl (C=O) groups is 3. The number of ketones is 1. The van der Waals surface area contributed by atoms with E-state index in [-0.39, 0.29) is 30.3 Å². The summed E-state index contributed by atoms with van der Waals surface area (Å²) >= 11 is 0. The second kappa shape index (κ2) is 9.78. The maximum atomic E-state index is 12.8. The fourth-order valence-corrected chi connectivity index (χ4v) is 4.62. The summed E-state index contributed by atoms with van der Waals surface area (Å²) in [5.41, 5.74) is 0.989. The van der Waals surface area contributed by atoms with Crippen molar-refractivity contribution >= 4 is 17.7 Å². The SMILES string of the molecule is CC1CCN(CC(=O)CNC(=O)[C@@H]2CC[C@@H]3CN2C(=O)N3OCc2ccccc2)CC1. The van der Waals surface area contributed by atoms with Crippen molar-refractivity contribution in [2.75, 3.05) is 32.7 Å². The first-order valence-corrected chi connectivity index (χ1v) is 11.3. The van der Waals surface area contributed by atoms with E-state index in [4.69, 9.17) is 4.84 Å². The third-order valence-corrected chi connectivity index (χ3v) is 6.57. The van der Waals surface area contributed by atoms with E-state index in [1.54, 1.807) is 4.90 Å². The van der Waals surface area contributed by atoms with Gasteiger partial charge in [-0.1, -0.05) is 37.3 Å². The molecule has 31 heavy (non-hydrogen) atoms. The van der Waals surface area contributed by atoms with Crippen molar-refractivity contribution in [2.45, 2.75) is 51.3 Å². The smallest absolute Gasteiger partial charge is 0.345 e. The van der Waals surface area contributed by atoms with Crippen LogP contribution in [0, 0.1) is 5.92 Å². The molecule has 3 aliphatic rings. The average molecular weight is 429 g/mol. The molecule has 0 unspecified atom stereocenters. The molecule has 4 rings (SSSR count). The van der Waals surface area contributed by atoms with Crippen LogP contribution in [0.15, 0.2) is 30.3 Å². The Bertz CT molecular complexity index is 794. The van der Waals surface area contributed by atoms with Crippen LogP contribution in [0.25, 0.3) is 0 Å². The summed E-state index contributed by atoms with van der Waals surface area (Å²) in [6, 6.07) is 8.84. The fraction of sp³-hybridized carbons (Fsp3) is 0.609. The Morgan fingerprint density at radius 2 is 1.84 bits per heavy atom. The lowest BCUT2D eigenvalue weighted by Gasteiger charge is -2.30. The summed E-state index contributed by atoms with van der Waals surface area (Å²) in [5.74, 6) is 0.477. The Morgan fingerprint density at radius 3 is 2.58 bits per heavy atom. The van der Waals surface area contributed by atoms with Crippen molar-refractivity contribution in [3.8, 4) is 0 Å². The number of urea groups is 1. The maximum absolute atomic E-state index is 12.8. The molecule has 0 spiro atoms. The molecule has 2 bridgehead atoms. The standard InChI is InChI=1S/C23H32N4O4/c1-17-9-11-25(12-10-17)15-20(28)13-24-22(29)21-8-7-19-14-26(21)23(30)27(19)31-16-18-5-3-2-4-6-18/h2-6,17,19,21H,7-16H2,1H3,(H,24,29)/t19-,21+/m1/s1. The summed E-state index contributed by atoms with van der Waals surface area (Å²) in [7, 11) is 0. The lowest BCUT2D eigenvalue weighted by Crippen LogP contribution is -2.51. The first-order valence-electron chi connectivity index (χ1n) is 11.3. The Hall–Kier alpha value is -2.45. The van der Waals surface area contributed by atoms with Gasteiger partial charge in [0, 0.05) is 6.54 Å². The molecule has 3 saturated heterocycles. The topological polar surface area (TPSA) is 82.2 Å².